The molecule has 1 amide bonds. The van der Waals surface area contributed by atoms with Crippen LogP contribution in [0.25, 0.3) is 0 Å². The summed E-state index contributed by atoms with van der Waals surface area (Å²) in [6, 6.07) is 9.56. The first-order valence-corrected chi connectivity index (χ1v) is 10.2. The predicted octanol–water partition coefficient (Wildman–Crippen LogP) is 2.94. The van der Waals surface area contributed by atoms with Gasteiger partial charge in [0.25, 0.3) is 5.91 Å². The van der Waals surface area contributed by atoms with E-state index >= 15 is 0 Å². The smallest absolute Gasteiger partial charge is 0.277 e. The number of nitrogens with zero attached hydrogens (tertiary/aromatic N) is 2. The lowest BCUT2D eigenvalue weighted by atomic mass is 10.2. The van der Waals surface area contributed by atoms with Crippen LogP contribution in [0, 0.1) is 5.82 Å². The van der Waals surface area contributed by atoms with Gasteiger partial charge in [0, 0.05) is 30.7 Å². The van der Waals surface area contributed by atoms with Crippen LogP contribution < -0.4 is 25.8 Å². The maximum atomic E-state index is 13.1. The van der Waals surface area contributed by atoms with E-state index in [1.165, 1.54) is 12.1 Å². The second-order valence-corrected chi connectivity index (χ2v) is 7.08. The van der Waals surface area contributed by atoms with Crippen LogP contribution in [0.3, 0.4) is 0 Å². The number of hydrogen-bond donors (Lipinski definition) is 3. The van der Waals surface area contributed by atoms with Crippen LogP contribution in [0.15, 0.2) is 41.0 Å². The molecule has 4 N–H and O–H groups in total. The first-order valence-electron chi connectivity index (χ1n) is 9.87. The Bertz CT molecular complexity index is 1050. The normalized spacial score (nSPS) is 10.7. The van der Waals surface area contributed by atoms with Crippen molar-refractivity contribution in [2.24, 2.45) is 0 Å². The van der Waals surface area contributed by atoms with Gasteiger partial charge >= 0.3 is 0 Å². The van der Waals surface area contributed by atoms with Crippen LogP contribution in [-0.2, 0) is 13.2 Å². The molecule has 1 aromatic heterocycles. The summed E-state index contributed by atoms with van der Waals surface area (Å²) < 4.78 is 29.0. The molecule has 3 aromatic rings. The molecule has 0 saturated carbocycles. The monoisotopic (exact) mass is 463 g/mol. The SMILES string of the molecule is CCOc1cc(CNCCNC(=O)c2nonc2N)c(Cl)cc1OCc1ccc(F)cc1. The van der Waals surface area contributed by atoms with E-state index in [0.29, 0.717) is 42.8 Å². The summed E-state index contributed by atoms with van der Waals surface area (Å²) in [4.78, 5) is 11.9. The van der Waals surface area contributed by atoms with E-state index in [2.05, 4.69) is 25.6 Å². The molecule has 0 fully saturated rings. The molecule has 1 heterocycles. The third-order valence-electron chi connectivity index (χ3n) is 4.35. The Hall–Kier alpha value is -3.37. The van der Waals surface area contributed by atoms with Gasteiger partial charge in [0.1, 0.15) is 12.4 Å². The first-order chi connectivity index (χ1) is 15.5. The number of halogens is 2. The van der Waals surface area contributed by atoms with Gasteiger partial charge in [-0.2, -0.15) is 0 Å². The number of ether oxygens (including phenoxy) is 2. The average molecular weight is 464 g/mol. The Balaban J connectivity index is 1.53. The Morgan fingerprint density at radius 2 is 1.91 bits per heavy atom. The van der Waals surface area contributed by atoms with Gasteiger partial charge in [-0.3, -0.25) is 4.79 Å². The first kappa shape index (κ1) is 23.3. The Kier molecular flexibility index (Phi) is 8.23. The Morgan fingerprint density at radius 1 is 1.16 bits per heavy atom. The van der Waals surface area contributed by atoms with Crippen molar-refractivity contribution in [3.8, 4) is 11.5 Å². The molecule has 0 aliphatic heterocycles. The minimum Gasteiger partial charge on any atom is -0.490 e. The van der Waals surface area contributed by atoms with Gasteiger partial charge in [0.15, 0.2) is 11.5 Å². The van der Waals surface area contributed by atoms with Crippen molar-refractivity contribution in [3.05, 3.63) is 64.1 Å². The second-order valence-electron chi connectivity index (χ2n) is 6.67. The lowest BCUT2D eigenvalue weighted by Crippen LogP contribution is -2.32. The van der Waals surface area contributed by atoms with Gasteiger partial charge in [-0.15, -0.1) is 0 Å². The molecule has 0 spiro atoms. The lowest BCUT2D eigenvalue weighted by molar-refractivity contribution is 0.0944. The third-order valence-corrected chi connectivity index (χ3v) is 4.70. The molecule has 0 aliphatic carbocycles. The maximum absolute atomic E-state index is 13.1. The van der Waals surface area contributed by atoms with E-state index in [0.717, 1.165) is 11.1 Å². The number of hydrogen-bond acceptors (Lipinski definition) is 8. The second kappa shape index (κ2) is 11.3. The third kappa shape index (κ3) is 6.32. The van der Waals surface area contributed by atoms with Crippen molar-refractivity contribution in [1.29, 1.82) is 0 Å². The Labute approximate surface area is 189 Å². The fourth-order valence-electron chi connectivity index (χ4n) is 2.76. The van der Waals surface area contributed by atoms with Crippen molar-refractivity contribution < 1.29 is 23.3 Å². The molecule has 11 heteroatoms. The fourth-order valence-corrected chi connectivity index (χ4v) is 2.98. The van der Waals surface area contributed by atoms with Crippen LogP contribution >= 0.6 is 11.6 Å². The molecular formula is C21H23ClFN5O4. The number of nitrogens with one attached hydrogen (secondary N) is 2. The van der Waals surface area contributed by atoms with Crippen LogP contribution in [0.5, 0.6) is 11.5 Å². The zero-order chi connectivity index (χ0) is 22.9. The number of carbonyl (C=O) groups excluding carboxylic acids is 1. The summed E-state index contributed by atoms with van der Waals surface area (Å²) in [5.74, 6) is 0.217. The molecule has 0 aliphatic rings. The van der Waals surface area contributed by atoms with E-state index < -0.39 is 5.91 Å². The summed E-state index contributed by atoms with van der Waals surface area (Å²) in [6.07, 6.45) is 0. The van der Waals surface area contributed by atoms with Gasteiger partial charge in [-0.05, 0) is 46.6 Å². The molecule has 0 unspecified atom stereocenters. The molecule has 32 heavy (non-hydrogen) atoms. The van der Waals surface area contributed by atoms with E-state index in [4.69, 9.17) is 26.8 Å². The minimum atomic E-state index is -0.468. The highest BCUT2D eigenvalue weighted by Crippen LogP contribution is 2.34. The summed E-state index contributed by atoms with van der Waals surface area (Å²) >= 11 is 6.42. The number of nitrogen functional groups attached to an aromatic ring is 1. The minimum absolute atomic E-state index is 0.0503. The number of aromatic nitrogens is 2. The molecule has 2 aromatic carbocycles. The number of rotatable bonds is 11. The van der Waals surface area contributed by atoms with Gasteiger partial charge in [0.2, 0.25) is 11.5 Å². The maximum Gasteiger partial charge on any atom is 0.277 e. The zero-order valence-corrected chi connectivity index (χ0v) is 18.1. The molecule has 0 atom stereocenters. The van der Waals surface area contributed by atoms with Gasteiger partial charge in [0.05, 0.1) is 6.61 Å². The van der Waals surface area contributed by atoms with E-state index in [9.17, 15) is 9.18 Å². The van der Waals surface area contributed by atoms with Gasteiger partial charge < -0.3 is 25.8 Å². The topological polar surface area (TPSA) is 125 Å². The van der Waals surface area contributed by atoms with Crippen molar-refractivity contribution in [2.75, 3.05) is 25.4 Å². The number of benzene rings is 2. The fraction of sp³-hybridized carbons (Fsp3) is 0.286. The van der Waals surface area contributed by atoms with E-state index in [1.807, 2.05) is 6.92 Å². The molecule has 170 valence electrons. The highest BCUT2D eigenvalue weighted by molar-refractivity contribution is 6.31. The molecule has 0 saturated heterocycles. The van der Waals surface area contributed by atoms with Crippen molar-refractivity contribution in [2.45, 2.75) is 20.1 Å². The number of amides is 1. The van der Waals surface area contributed by atoms with Crippen LogP contribution in [0.4, 0.5) is 10.2 Å². The summed E-state index contributed by atoms with van der Waals surface area (Å²) in [6.45, 7) is 3.82. The Morgan fingerprint density at radius 3 is 2.59 bits per heavy atom. The van der Waals surface area contributed by atoms with Crippen LogP contribution in [0.2, 0.25) is 5.02 Å². The lowest BCUT2D eigenvalue weighted by Gasteiger charge is -2.15. The number of nitrogens with two attached hydrogens (primary N) is 1. The highest BCUT2D eigenvalue weighted by atomic mass is 35.5. The molecule has 0 radical (unpaired) electrons. The standard InChI is InChI=1S/C21H23ClFN5O4/c1-2-30-17-9-14(11-25-7-8-26-21(29)19-20(24)28-32-27-19)16(22)10-18(17)31-12-13-3-5-15(23)6-4-13/h3-6,9-10,25H,2,7-8,11-12H2,1H3,(H2,24,28)(H,26,29). The zero-order valence-electron chi connectivity index (χ0n) is 17.4. The largest absolute Gasteiger partial charge is 0.490 e. The van der Waals surface area contributed by atoms with Crippen LogP contribution in [0.1, 0.15) is 28.5 Å². The molecule has 0 bridgehead atoms. The van der Waals surface area contributed by atoms with Crippen molar-refractivity contribution in [1.82, 2.24) is 20.9 Å². The van der Waals surface area contributed by atoms with E-state index in [-0.39, 0.29) is 23.9 Å². The van der Waals surface area contributed by atoms with Gasteiger partial charge in [-0.1, -0.05) is 23.7 Å². The highest BCUT2D eigenvalue weighted by Gasteiger charge is 2.15. The average Bonchev–Trinajstić information content (AvgIpc) is 3.21. The summed E-state index contributed by atoms with van der Waals surface area (Å²) in [7, 11) is 0. The summed E-state index contributed by atoms with van der Waals surface area (Å²) in [5.41, 5.74) is 7.06. The van der Waals surface area contributed by atoms with Crippen molar-refractivity contribution in [3.63, 3.8) is 0 Å². The predicted molar refractivity (Wildman–Crippen MR) is 116 cm³/mol. The molecule has 3 rings (SSSR count). The van der Waals surface area contributed by atoms with Gasteiger partial charge in [-0.25, -0.2) is 9.02 Å². The van der Waals surface area contributed by atoms with Crippen LogP contribution in [-0.4, -0.2) is 35.9 Å². The number of carbonyl (C=O) groups is 1. The quantitative estimate of drug-likeness (QED) is 0.371. The van der Waals surface area contributed by atoms with Crippen molar-refractivity contribution >= 4 is 23.3 Å². The number of anilines is 1. The molecular weight excluding hydrogens is 441 g/mol. The summed E-state index contributed by atoms with van der Waals surface area (Å²) in [5, 5.41) is 13.1. The van der Waals surface area contributed by atoms with E-state index in [1.54, 1.807) is 24.3 Å². The molecule has 9 nitrogen and oxygen atoms in total.